The summed E-state index contributed by atoms with van der Waals surface area (Å²) in [5.41, 5.74) is 0.852. The summed E-state index contributed by atoms with van der Waals surface area (Å²) < 4.78 is 1.95. The van der Waals surface area contributed by atoms with Crippen LogP contribution >= 0.6 is 23.1 Å². The minimum Gasteiger partial charge on any atom is -0.478 e. The average molecular weight is 295 g/mol. The second-order valence-corrected chi connectivity index (χ2v) is 6.24. The van der Waals surface area contributed by atoms with Gasteiger partial charge in [0.2, 0.25) is 0 Å². The van der Waals surface area contributed by atoms with E-state index in [4.69, 9.17) is 5.11 Å². The average Bonchev–Trinajstić information content (AvgIpc) is 2.98. The van der Waals surface area contributed by atoms with Crippen LogP contribution in [0.25, 0.3) is 11.0 Å². The zero-order valence-corrected chi connectivity index (χ0v) is 11.8. The predicted octanol–water partition coefficient (Wildman–Crippen LogP) is 2.05. The summed E-state index contributed by atoms with van der Waals surface area (Å²) in [4.78, 5) is 18.5. The van der Waals surface area contributed by atoms with Gasteiger partial charge in [-0.25, -0.2) is 9.78 Å². The number of hydrogen-bond acceptors (Lipinski definition) is 5. The molecule has 19 heavy (non-hydrogen) atoms. The number of nitrogens with zero attached hydrogens (tertiary/aromatic N) is 3. The summed E-state index contributed by atoms with van der Waals surface area (Å²) in [5, 5.41) is 10.8. The van der Waals surface area contributed by atoms with Gasteiger partial charge < -0.3 is 10.0 Å². The van der Waals surface area contributed by atoms with E-state index in [0.29, 0.717) is 0 Å². The standard InChI is InChI=1S/C12H13N3O2S2/c16-10(17)2-1-9-11(14-3-6-18-7-4-14)13-12-15(9)5-8-19-12/h1-2,5,8H,3-4,6-7H2,(H,16,17)/b2-1+. The van der Waals surface area contributed by atoms with Crippen LogP contribution in [0.5, 0.6) is 0 Å². The number of carboxylic acid groups (broad SMARTS) is 1. The second-order valence-electron chi connectivity index (χ2n) is 4.15. The van der Waals surface area contributed by atoms with Gasteiger partial charge in [-0.2, -0.15) is 11.8 Å². The first-order valence-corrected chi connectivity index (χ1v) is 7.98. The Bertz CT molecular complexity index is 626. The normalized spacial score (nSPS) is 16.5. The zero-order chi connectivity index (χ0) is 13.2. The van der Waals surface area contributed by atoms with Gasteiger partial charge in [-0.1, -0.05) is 0 Å². The highest BCUT2D eigenvalue weighted by Gasteiger charge is 2.19. The van der Waals surface area contributed by atoms with E-state index >= 15 is 0 Å². The highest BCUT2D eigenvalue weighted by Crippen LogP contribution is 2.27. The maximum atomic E-state index is 10.7. The van der Waals surface area contributed by atoms with E-state index in [-0.39, 0.29) is 0 Å². The maximum Gasteiger partial charge on any atom is 0.328 e. The molecule has 0 radical (unpaired) electrons. The Morgan fingerprint density at radius 1 is 1.42 bits per heavy atom. The Kier molecular flexibility index (Phi) is 3.48. The van der Waals surface area contributed by atoms with E-state index in [1.54, 1.807) is 17.4 Å². The summed E-state index contributed by atoms with van der Waals surface area (Å²) in [6.07, 6.45) is 4.73. The fourth-order valence-corrected chi connectivity index (χ4v) is 3.72. The van der Waals surface area contributed by atoms with Gasteiger partial charge in [0.25, 0.3) is 0 Å². The van der Waals surface area contributed by atoms with Crippen LogP contribution in [0.1, 0.15) is 5.69 Å². The largest absolute Gasteiger partial charge is 0.478 e. The molecule has 0 aliphatic carbocycles. The van der Waals surface area contributed by atoms with E-state index in [0.717, 1.165) is 41.1 Å². The Hall–Kier alpha value is -1.47. The van der Waals surface area contributed by atoms with Gasteiger partial charge in [-0.3, -0.25) is 4.40 Å². The van der Waals surface area contributed by atoms with Gasteiger partial charge in [-0.15, -0.1) is 11.3 Å². The van der Waals surface area contributed by atoms with Crippen LogP contribution in [0.15, 0.2) is 17.7 Å². The van der Waals surface area contributed by atoms with Crippen LogP contribution in [0.2, 0.25) is 0 Å². The lowest BCUT2D eigenvalue weighted by atomic mass is 10.3. The molecule has 0 saturated carbocycles. The third-order valence-corrected chi connectivity index (χ3v) is 4.67. The van der Waals surface area contributed by atoms with Crippen LogP contribution < -0.4 is 4.90 Å². The molecule has 1 fully saturated rings. The Morgan fingerprint density at radius 3 is 2.95 bits per heavy atom. The molecule has 3 heterocycles. The van der Waals surface area contributed by atoms with Crippen molar-refractivity contribution in [2.75, 3.05) is 29.5 Å². The number of thiazole rings is 1. The Labute approximate surface area is 118 Å². The molecular formula is C12H13N3O2S2. The highest BCUT2D eigenvalue weighted by atomic mass is 32.2. The molecule has 2 aromatic heterocycles. The van der Waals surface area contributed by atoms with Crippen molar-refractivity contribution in [3.05, 3.63) is 23.3 Å². The van der Waals surface area contributed by atoms with Gasteiger partial charge >= 0.3 is 5.97 Å². The van der Waals surface area contributed by atoms with Crippen molar-refractivity contribution in [2.24, 2.45) is 0 Å². The third kappa shape index (κ3) is 2.48. The van der Waals surface area contributed by atoms with Gasteiger partial charge in [0.05, 0.1) is 5.69 Å². The lowest BCUT2D eigenvalue weighted by molar-refractivity contribution is -0.131. The fourth-order valence-electron chi connectivity index (χ4n) is 2.10. The van der Waals surface area contributed by atoms with Crippen LogP contribution in [0.3, 0.4) is 0 Å². The number of imidazole rings is 1. The zero-order valence-electron chi connectivity index (χ0n) is 10.2. The smallest absolute Gasteiger partial charge is 0.328 e. The topological polar surface area (TPSA) is 57.8 Å². The molecule has 0 spiro atoms. The minimum absolute atomic E-state index is 0.852. The number of hydrogen-bond donors (Lipinski definition) is 1. The van der Waals surface area contributed by atoms with E-state index in [2.05, 4.69) is 9.88 Å². The summed E-state index contributed by atoms with van der Waals surface area (Å²) in [7, 11) is 0. The number of carboxylic acids is 1. The molecule has 100 valence electrons. The van der Waals surface area contributed by atoms with Crippen LogP contribution in [0.4, 0.5) is 5.82 Å². The molecule has 1 saturated heterocycles. The third-order valence-electron chi connectivity index (χ3n) is 2.97. The number of carbonyl (C=O) groups is 1. The van der Waals surface area contributed by atoms with E-state index in [1.807, 2.05) is 27.7 Å². The summed E-state index contributed by atoms with van der Waals surface area (Å²) >= 11 is 3.50. The number of thioether (sulfide) groups is 1. The molecule has 0 unspecified atom stereocenters. The van der Waals surface area contributed by atoms with Crippen molar-refractivity contribution >= 4 is 45.9 Å². The molecule has 0 bridgehead atoms. The number of anilines is 1. The molecule has 1 N–H and O–H groups in total. The first-order chi connectivity index (χ1) is 9.25. The SMILES string of the molecule is O=C(O)/C=C/c1c(N2CCSCC2)nc2sccn12. The molecule has 7 heteroatoms. The van der Waals surface area contributed by atoms with Crippen LogP contribution in [-0.4, -0.2) is 45.1 Å². The molecule has 1 aliphatic heterocycles. The Balaban J connectivity index is 2.04. The predicted molar refractivity (Wildman–Crippen MR) is 79.3 cm³/mol. The summed E-state index contributed by atoms with van der Waals surface area (Å²) in [5.74, 6) is 2.13. The molecule has 1 aliphatic rings. The van der Waals surface area contributed by atoms with Crippen molar-refractivity contribution < 1.29 is 9.90 Å². The van der Waals surface area contributed by atoms with E-state index in [1.165, 1.54) is 6.08 Å². The lowest BCUT2D eigenvalue weighted by Gasteiger charge is -2.26. The number of fused-ring (bicyclic) bond motifs is 1. The van der Waals surface area contributed by atoms with Crippen LogP contribution in [-0.2, 0) is 4.79 Å². The quantitative estimate of drug-likeness (QED) is 0.878. The molecule has 3 rings (SSSR count). The minimum atomic E-state index is -0.940. The first kappa shape index (κ1) is 12.6. The lowest BCUT2D eigenvalue weighted by Crippen LogP contribution is -2.33. The Morgan fingerprint density at radius 2 is 2.21 bits per heavy atom. The molecule has 0 amide bonds. The number of aromatic nitrogens is 2. The van der Waals surface area contributed by atoms with Gasteiger partial charge in [0.15, 0.2) is 10.8 Å². The summed E-state index contributed by atoms with van der Waals surface area (Å²) in [6, 6.07) is 0. The summed E-state index contributed by atoms with van der Waals surface area (Å²) in [6.45, 7) is 1.92. The monoisotopic (exact) mass is 295 g/mol. The van der Waals surface area contributed by atoms with Crippen LogP contribution in [0, 0.1) is 0 Å². The molecular weight excluding hydrogens is 282 g/mol. The van der Waals surface area contributed by atoms with Gasteiger partial charge in [0, 0.05) is 42.2 Å². The van der Waals surface area contributed by atoms with Crippen molar-refractivity contribution in [2.45, 2.75) is 0 Å². The number of rotatable bonds is 3. The molecule has 2 aromatic rings. The maximum absolute atomic E-state index is 10.7. The first-order valence-electron chi connectivity index (χ1n) is 5.95. The fraction of sp³-hybridized carbons (Fsp3) is 0.333. The highest BCUT2D eigenvalue weighted by molar-refractivity contribution is 7.99. The van der Waals surface area contributed by atoms with Crippen molar-refractivity contribution in [3.63, 3.8) is 0 Å². The molecule has 0 aromatic carbocycles. The van der Waals surface area contributed by atoms with E-state index in [9.17, 15) is 4.79 Å². The van der Waals surface area contributed by atoms with Gasteiger partial charge in [-0.05, 0) is 6.08 Å². The molecule has 0 atom stereocenters. The van der Waals surface area contributed by atoms with Crippen molar-refractivity contribution in [1.82, 2.24) is 9.38 Å². The number of aliphatic carboxylic acids is 1. The molecule has 5 nitrogen and oxygen atoms in total. The van der Waals surface area contributed by atoms with E-state index < -0.39 is 5.97 Å². The van der Waals surface area contributed by atoms with Gasteiger partial charge in [0.1, 0.15) is 0 Å². The second kappa shape index (κ2) is 5.26. The van der Waals surface area contributed by atoms with Crippen molar-refractivity contribution in [3.8, 4) is 0 Å². The van der Waals surface area contributed by atoms with Crippen molar-refractivity contribution in [1.29, 1.82) is 0 Å².